The van der Waals surface area contributed by atoms with Gasteiger partial charge in [-0.2, -0.15) is 10.5 Å². The van der Waals surface area contributed by atoms with Crippen molar-refractivity contribution in [1.29, 1.82) is 10.5 Å². The standard InChI is InChI=1S/C36H27N3/c1-36(29-11-5-2-6-12-29)34-23-32(39(30-13-7-3-8-14-30)31-15-9-4-10-16-31)22-21-26(34)17-18-27-19-20-28(24-37)33(25-38)35(27)36/h2-16,19-23H,17-18H2,1H3. The monoisotopic (exact) mass is 501 g/mol. The van der Waals surface area contributed by atoms with E-state index in [-0.39, 0.29) is 0 Å². The summed E-state index contributed by atoms with van der Waals surface area (Å²) in [6.07, 6.45) is 1.67. The molecule has 0 spiro atoms. The Morgan fingerprint density at radius 1 is 0.615 bits per heavy atom. The predicted octanol–water partition coefficient (Wildman–Crippen LogP) is 8.35. The van der Waals surface area contributed by atoms with Gasteiger partial charge in [0.15, 0.2) is 0 Å². The number of anilines is 3. The molecule has 0 bridgehead atoms. The Morgan fingerprint density at radius 3 is 1.77 bits per heavy atom. The van der Waals surface area contributed by atoms with Crippen LogP contribution in [0.25, 0.3) is 0 Å². The second-order valence-corrected chi connectivity index (χ2v) is 10.1. The van der Waals surface area contributed by atoms with E-state index in [1.807, 2.05) is 24.3 Å². The first-order valence-corrected chi connectivity index (χ1v) is 13.2. The van der Waals surface area contributed by atoms with Gasteiger partial charge in [0, 0.05) is 22.5 Å². The first kappa shape index (κ1) is 24.2. The normalized spacial score (nSPS) is 15.7. The first-order chi connectivity index (χ1) is 19.1. The Morgan fingerprint density at radius 2 is 1.18 bits per heavy atom. The van der Waals surface area contributed by atoms with Crippen LogP contribution in [0.5, 0.6) is 0 Å². The molecule has 186 valence electrons. The van der Waals surface area contributed by atoms with Gasteiger partial charge in [-0.3, -0.25) is 0 Å². The average molecular weight is 502 g/mol. The molecule has 0 heterocycles. The second kappa shape index (κ2) is 9.97. The second-order valence-electron chi connectivity index (χ2n) is 10.1. The lowest BCUT2D eigenvalue weighted by molar-refractivity contribution is 0.685. The maximum Gasteiger partial charge on any atom is 0.101 e. The fourth-order valence-corrected chi connectivity index (χ4v) is 6.10. The number of hydrogen-bond acceptors (Lipinski definition) is 3. The van der Waals surface area contributed by atoms with E-state index >= 15 is 0 Å². The van der Waals surface area contributed by atoms with Crippen molar-refractivity contribution in [3.05, 3.63) is 160 Å². The van der Waals surface area contributed by atoms with Crippen molar-refractivity contribution in [1.82, 2.24) is 0 Å². The van der Waals surface area contributed by atoms with Crippen molar-refractivity contribution in [2.75, 3.05) is 4.90 Å². The summed E-state index contributed by atoms with van der Waals surface area (Å²) in [5.41, 5.74) is 9.04. The Labute approximate surface area is 229 Å². The summed E-state index contributed by atoms with van der Waals surface area (Å²) in [5, 5.41) is 20.3. The van der Waals surface area contributed by atoms with Crippen molar-refractivity contribution in [3.8, 4) is 12.1 Å². The predicted molar refractivity (Wildman–Crippen MR) is 156 cm³/mol. The molecule has 1 unspecified atom stereocenters. The molecule has 1 aliphatic rings. The molecular formula is C36H27N3. The minimum Gasteiger partial charge on any atom is -0.310 e. The third-order valence-electron chi connectivity index (χ3n) is 7.96. The highest BCUT2D eigenvalue weighted by Crippen LogP contribution is 2.48. The van der Waals surface area contributed by atoms with Crippen molar-refractivity contribution in [2.45, 2.75) is 25.2 Å². The largest absolute Gasteiger partial charge is 0.310 e. The smallest absolute Gasteiger partial charge is 0.101 e. The minimum atomic E-state index is -0.630. The lowest BCUT2D eigenvalue weighted by atomic mass is 9.67. The summed E-state index contributed by atoms with van der Waals surface area (Å²) in [6.45, 7) is 2.21. The Kier molecular flexibility index (Phi) is 6.20. The molecule has 0 N–H and O–H groups in total. The zero-order chi connectivity index (χ0) is 26.8. The summed E-state index contributed by atoms with van der Waals surface area (Å²) >= 11 is 0. The van der Waals surface area contributed by atoms with Crippen LogP contribution in [0.4, 0.5) is 17.1 Å². The Balaban J connectivity index is 1.67. The van der Waals surface area contributed by atoms with E-state index in [9.17, 15) is 10.5 Å². The van der Waals surface area contributed by atoms with Crippen LogP contribution >= 0.6 is 0 Å². The Bertz CT molecular complexity index is 1690. The van der Waals surface area contributed by atoms with E-state index in [2.05, 4.69) is 115 Å². The maximum absolute atomic E-state index is 10.4. The van der Waals surface area contributed by atoms with E-state index in [4.69, 9.17) is 0 Å². The lowest BCUT2D eigenvalue weighted by Gasteiger charge is -2.35. The summed E-state index contributed by atoms with van der Waals surface area (Å²) in [6, 6.07) is 46.4. The minimum absolute atomic E-state index is 0.424. The molecule has 0 aliphatic heterocycles. The molecule has 3 nitrogen and oxygen atoms in total. The number of rotatable bonds is 4. The number of benzene rings is 5. The van der Waals surface area contributed by atoms with Gasteiger partial charge in [-0.15, -0.1) is 0 Å². The van der Waals surface area contributed by atoms with E-state index in [1.165, 1.54) is 5.56 Å². The SMILES string of the molecule is CC1(c2ccccc2)c2cc(N(c3ccccc3)c3ccccc3)ccc2CCc2ccc(C#N)c(C#N)c21. The highest BCUT2D eigenvalue weighted by molar-refractivity contribution is 5.78. The number of hydrogen-bond donors (Lipinski definition) is 0. The molecule has 1 atom stereocenters. The van der Waals surface area contributed by atoms with Crippen LogP contribution in [0.3, 0.4) is 0 Å². The highest BCUT2D eigenvalue weighted by atomic mass is 15.1. The van der Waals surface area contributed by atoms with Gasteiger partial charge in [0.1, 0.15) is 12.1 Å². The van der Waals surface area contributed by atoms with Crippen LogP contribution in [-0.4, -0.2) is 0 Å². The third-order valence-corrected chi connectivity index (χ3v) is 7.96. The topological polar surface area (TPSA) is 50.8 Å². The van der Waals surface area contributed by atoms with Gasteiger partial charge in [0.05, 0.1) is 11.1 Å². The molecule has 0 saturated heterocycles. The van der Waals surface area contributed by atoms with Gasteiger partial charge in [-0.05, 0) is 90.0 Å². The number of para-hydroxylation sites is 2. The quantitative estimate of drug-likeness (QED) is 0.249. The summed E-state index contributed by atoms with van der Waals surface area (Å²) in [5.74, 6) is 0. The summed E-state index contributed by atoms with van der Waals surface area (Å²) < 4.78 is 0. The maximum atomic E-state index is 10.4. The van der Waals surface area contributed by atoms with Gasteiger partial charge in [-0.1, -0.05) is 78.9 Å². The Hall–Kier alpha value is -5.12. The fraction of sp³-hybridized carbons (Fsp3) is 0.111. The van der Waals surface area contributed by atoms with Gasteiger partial charge >= 0.3 is 0 Å². The molecule has 0 aromatic heterocycles. The van der Waals surface area contributed by atoms with Gasteiger partial charge in [0.2, 0.25) is 0 Å². The first-order valence-electron chi connectivity index (χ1n) is 13.2. The van der Waals surface area contributed by atoms with Crippen LogP contribution in [0.15, 0.2) is 121 Å². The molecule has 5 aromatic rings. The molecule has 1 aliphatic carbocycles. The van der Waals surface area contributed by atoms with Gasteiger partial charge in [0.25, 0.3) is 0 Å². The van der Waals surface area contributed by atoms with Crippen molar-refractivity contribution in [3.63, 3.8) is 0 Å². The van der Waals surface area contributed by atoms with E-state index < -0.39 is 5.41 Å². The van der Waals surface area contributed by atoms with E-state index in [0.29, 0.717) is 11.1 Å². The molecule has 0 amide bonds. The van der Waals surface area contributed by atoms with Gasteiger partial charge < -0.3 is 4.90 Å². The van der Waals surface area contributed by atoms with Crippen LogP contribution in [0.1, 0.15) is 45.9 Å². The molecule has 0 radical (unpaired) electrons. The van der Waals surface area contributed by atoms with Crippen molar-refractivity contribution < 1.29 is 0 Å². The van der Waals surface area contributed by atoms with Crippen LogP contribution in [-0.2, 0) is 18.3 Å². The lowest BCUT2D eigenvalue weighted by Crippen LogP contribution is -2.29. The van der Waals surface area contributed by atoms with Crippen LogP contribution in [0.2, 0.25) is 0 Å². The molecule has 5 aromatic carbocycles. The van der Waals surface area contributed by atoms with Crippen LogP contribution < -0.4 is 4.90 Å². The van der Waals surface area contributed by atoms with E-state index in [1.54, 1.807) is 6.07 Å². The van der Waals surface area contributed by atoms with Crippen molar-refractivity contribution >= 4 is 17.1 Å². The number of aryl methyl sites for hydroxylation is 2. The summed E-state index contributed by atoms with van der Waals surface area (Å²) in [4.78, 5) is 2.27. The molecule has 0 saturated carbocycles. The fourth-order valence-electron chi connectivity index (χ4n) is 6.10. The van der Waals surface area contributed by atoms with Crippen molar-refractivity contribution in [2.24, 2.45) is 0 Å². The molecule has 39 heavy (non-hydrogen) atoms. The zero-order valence-corrected chi connectivity index (χ0v) is 21.8. The zero-order valence-electron chi connectivity index (χ0n) is 21.8. The van der Waals surface area contributed by atoms with Crippen LogP contribution in [0, 0.1) is 22.7 Å². The molecule has 3 heteroatoms. The molecule has 0 fully saturated rings. The van der Waals surface area contributed by atoms with E-state index in [0.717, 1.165) is 52.2 Å². The number of nitrogens with zero attached hydrogens (tertiary/aromatic N) is 3. The average Bonchev–Trinajstić information content (AvgIpc) is 3.13. The highest BCUT2D eigenvalue weighted by Gasteiger charge is 2.40. The molecule has 6 rings (SSSR count). The third kappa shape index (κ3) is 4.06. The summed E-state index contributed by atoms with van der Waals surface area (Å²) in [7, 11) is 0. The number of nitriles is 2. The molecular weight excluding hydrogens is 474 g/mol. The van der Waals surface area contributed by atoms with Gasteiger partial charge in [-0.25, -0.2) is 0 Å². The number of fused-ring (bicyclic) bond motifs is 2.